The van der Waals surface area contributed by atoms with Crippen LogP contribution in [0.1, 0.15) is 35.1 Å². The standard InChI is InChI=1S/C24H19F3N6O/c25-24(26,27)12-19-5-4-17(13-29-19)15-8-9-28-21(11-15)23(34)31-18-3-1-2-16(10-18)22-32-30-14-33(22)20-6-7-20/h1-5,8-11,13-14,20H,6-7,12H2,(H,31,34). The van der Waals surface area contributed by atoms with Gasteiger partial charge in [-0.25, -0.2) is 0 Å². The highest BCUT2D eigenvalue weighted by molar-refractivity contribution is 6.03. The number of pyridine rings is 2. The number of carbonyl (C=O) groups excluding carboxylic acids is 1. The summed E-state index contributed by atoms with van der Waals surface area (Å²) in [5.41, 5.74) is 2.73. The number of halogens is 3. The van der Waals surface area contributed by atoms with E-state index in [0.717, 1.165) is 24.2 Å². The van der Waals surface area contributed by atoms with Crippen molar-refractivity contribution < 1.29 is 18.0 Å². The van der Waals surface area contributed by atoms with Crippen molar-refractivity contribution >= 4 is 11.6 Å². The van der Waals surface area contributed by atoms with Crippen molar-refractivity contribution in [3.8, 4) is 22.5 Å². The molecule has 0 unspecified atom stereocenters. The molecule has 0 radical (unpaired) electrons. The molecule has 1 aliphatic rings. The third-order valence-electron chi connectivity index (χ3n) is 5.42. The van der Waals surface area contributed by atoms with Crippen molar-refractivity contribution in [1.29, 1.82) is 0 Å². The minimum Gasteiger partial charge on any atom is -0.321 e. The maximum absolute atomic E-state index is 12.8. The first kappa shape index (κ1) is 21.7. The molecule has 172 valence electrons. The van der Waals surface area contributed by atoms with Gasteiger partial charge in [0.25, 0.3) is 5.91 Å². The Morgan fingerprint density at radius 2 is 1.88 bits per heavy atom. The van der Waals surface area contributed by atoms with Crippen LogP contribution in [0.25, 0.3) is 22.5 Å². The van der Waals surface area contributed by atoms with E-state index in [-0.39, 0.29) is 11.4 Å². The molecule has 3 heterocycles. The number of aromatic nitrogens is 5. The Labute approximate surface area is 192 Å². The Balaban J connectivity index is 1.32. The molecule has 1 aromatic carbocycles. The SMILES string of the molecule is O=C(Nc1cccc(-c2nncn2C2CC2)c1)c1cc(-c2ccc(CC(F)(F)F)nc2)ccn1. The number of carbonyl (C=O) groups is 1. The highest BCUT2D eigenvalue weighted by Gasteiger charge is 2.28. The second-order valence-electron chi connectivity index (χ2n) is 8.09. The van der Waals surface area contributed by atoms with E-state index in [0.29, 0.717) is 22.9 Å². The summed E-state index contributed by atoms with van der Waals surface area (Å²) < 4.78 is 39.7. The van der Waals surface area contributed by atoms with Crippen LogP contribution >= 0.6 is 0 Å². The Morgan fingerprint density at radius 3 is 2.62 bits per heavy atom. The quantitative estimate of drug-likeness (QED) is 0.429. The topological polar surface area (TPSA) is 85.6 Å². The molecular weight excluding hydrogens is 445 g/mol. The maximum atomic E-state index is 12.8. The summed E-state index contributed by atoms with van der Waals surface area (Å²) in [5, 5.41) is 11.1. The van der Waals surface area contributed by atoms with Crippen LogP contribution in [0.4, 0.5) is 18.9 Å². The number of hydrogen-bond acceptors (Lipinski definition) is 5. The van der Waals surface area contributed by atoms with Gasteiger partial charge in [-0.2, -0.15) is 13.2 Å². The van der Waals surface area contributed by atoms with Gasteiger partial charge in [-0.3, -0.25) is 14.8 Å². The number of benzene rings is 1. The van der Waals surface area contributed by atoms with Crippen LogP contribution < -0.4 is 5.32 Å². The monoisotopic (exact) mass is 464 g/mol. The molecule has 7 nitrogen and oxygen atoms in total. The predicted octanol–water partition coefficient (Wildman–Crippen LogP) is 5.09. The molecule has 10 heteroatoms. The highest BCUT2D eigenvalue weighted by atomic mass is 19.4. The largest absolute Gasteiger partial charge is 0.394 e. The van der Waals surface area contributed by atoms with Crippen molar-refractivity contribution in [3.63, 3.8) is 0 Å². The lowest BCUT2D eigenvalue weighted by Gasteiger charge is -2.09. The van der Waals surface area contributed by atoms with Crippen molar-refractivity contribution in [2.45, 2.75) is 31.5 Å². The molecule has 0 bridgehead atoms. The zero-order chi connectivity index (χ0) is 23.7. The van der Waals surface area contributed by atoms with Crippen LogP contribution in [0.5, 0.6) is 0 Å². The van der Waals surface area contributed by atoms with Gasteiger partial charge in [0.1, 0.15) is 12.0 Å². The molecule has 0 aliphatic heterocycles. The van der Waals surface area contributed by atoms with Crippen molar-refractivity contribution in [2.24, 2.45) is 0 Å². The second kappa shape index (κ2) is 8.69. The third kappa shape index (κ3) is 4.95. The van der Waals surface area contributed by atoms with Gasteiger partial charge in [0.2, 0.25) is 0 Å². The number of nitrogens with zero attached hydrogens (tertiary/aromatic N) is 5. The van der Waals surface area contributed by atoms with Gasteiger partial charge in [0.15, 0.2) is 5.82 Å². The average molecular weight is 464 g/mol. The summed E-state index contributed by atoms with van der Waals surface area (Å²) in [6.45, 7) is 0. The van der Waals surface area contributed by atoms with Crippen LogP contribution in [0, 0.1) is 0 Å². The number of rotatable bonds is 6. The molecule has 1 aliphatic carbocycles. The molecule has 0 saturated heterocycles. The zero-order valence-electron chi connectivity index (χ0n) is 17.8. The summed E-state index contributed by atoms with van der Waals surface area (Å²) in [6, 6.07) is 13.9. The molecule has 1 amide bonds. The van der Waals surface area contributed by atoms with Gasteiger partial charge in [0.05, 0.1) is 6.42 Å². The number of alkyl halides is 3. The van der Waals surface area contributed by atoms with Crippen LogP contribution in [0.15, 0.2) is 67.3 Å². The second-order valence-corrected chi connectivity index (χ2v) is 8.09. The molecule has 1 saturated carbocycles. The minimum absolute atomic E-state index is 0.0688. The van der Waals surface area contributed by atoms with Crippen LogP contribution in [0.2, 0.25) is 0 Å². The summed E-state index contributed by atoms with van der Waals surface area (Å²) in [5.74, 6) is 0.338. The molecule has 1 fully saturated rings. The van der Waals surface area contributed by atoms with Crippen LogP contribution in [-0.2, 0) is 6.42 Å². The molecule has 0 atom stereocenters. The number of amides is 1. The lowest BCUT2D eigenvalue weighted by Crippen LogP contribution is -2.14. The summed E-state index contributed by atoms with van der Waals surface area (Å²) in [4.78, 5) is 20.9. The van der Waals surface area contributed by atoms with Gasteiger partial charge in [-0.1, -0.05) is 18.2 Å². The fourth-order valence-corrected chi connectivity index (χ4v) is 3.64. The number of hydrogen-bond donors (Lipinski definition) is 1. The van der Waals surface area contributed by atoms with Gasteiger partial charge in [-0.05, 0) is 48.7 Å². The Kier molecular flexibility index (Phi) is 5.56. The van der Waals surface area contributed by atoms with E-state index in [9.17, 15) is 18.0 Å². The average Bonchev–Trinajstić information content (AvgIpc) is 3.55. The molecule has 34 heavy (non-hydrogen) atoms. The molecular formula is C24H19F3N6O. The minimum atomic E-state index is -4.32. The highest BCUT2D eigenvalue weighted by Crippen LogP contribution is 2.37. The van der Waals surface area contributed by atoms with Gasteiger partial charge < -0.3 is 9.88 Å². The van der Waals surface area contributed by atoms with E-state index in [2.05, 4.69) is 25.5 Å². The van der Waals surface area contributed by atoms with Crippen molar-refractivity contribution in [1.82, 2.24) is 24.7 Å². The first-order valence-corrected chi connectivity index (χ1v) is 10.7. The zero-order valence-corrected chi connectivity index (χ0v) is 17.8. The fourth-order valence-electron chi connectivity index (χ4n) is 3.64. The van der Waals surface area contributed by atoms with Crippen LogP contribution in [0.3, 0.4) is 0 Å². The van der Waals surface area contributed by atoms with E-state index in [1.807, 2.05) is 22.8 Å². The number of nitrogens with one attached hydrogen (secondary N) is 1. The number of anilines is 1. The first-order chi connectivity index (χ1) is 16.4. The van der Waals surface area contributed by atoms with Gasteiger partial charge in [-0.15, -0.1) is 10.2 Å². The predicted molar refractivity (Wildman–Crippen MR) is 119 cm³/mol. The van der Waals surface area contributed by atoms with E-state index < -0.39 is 18.5 Å². The summed E-state index contributed by atoms with van der Waals surface area (Å²) in [6.07, 6.45) is 1.35. The molecule has 5 rings (SSSR count). The molecule has 4 aromatic rings. The molecule has 1 N–H and O–H groups in total. The normalized spacial score (nSPS) is 13.6. The van der Waals surface area contributed by atoms with Gasteiger partial charge >= 0.3 is 6.18 Å². The van der Waals surface area contributed by atoms with Crippen LogP contribution in [-0.4, -0.2) is 36.8 Å². The molecule has 3 aromatic heterocycles. The Bertz CT molecular complexity index is 1330. The van der Waals surface area contributed by atoms with E-state index >= 15 is 0 Å². The smallest absolute Gasteiger partial charge is 0.321 e. The first-order valence-electron chi connectivity index (χ1n) is 10.7. The van der Waals surface area contributed by atoms with Crippen molar-refractivity contribution in [2.75, 3.05) is 5.32 Å². The Morgan fingerprint density at radius 1 is 1.03 bits per heavy atom. The maximum Gasteiger partial charge on any atom is 0.394 e. The van der Waals surface area contributed by atoms with E-state index in [1.54, 1.807) is 30.6 Å². The van der Waals surface area contributed by atoms with Gasteiger partial charge in [0, 0.05) is 40.9 Å². The van der Waals surface area contributed by atoms with E-state index in [4.69, 9.17) is 0 Å². The van der Waals surface area contributed by atoms with Crippen molar-refractivity contribution in [3.05, 3.63) is 78.6 Å². The Hall–Kier alpha value is -4.08. The third-order valence-corrected chi connectivity index (χ3v) is 5.42. The van der Waals surface area contributed by atoms with E-state index in [1.165, 1.54) is 18.5 Å². The molecule has 0 spiro atoms. The summed E-state index contributed by atoms with van der Waals surface area (Å²) >= 11 is 0. The lowest BCUT2D eigenvalue weighted by atomic mass is 10.1. The lowest BCUT2D eigenvalue weighted by molar-refractivity contribution is -0.127. The fraction of sp³-hybridized carbons (Fsp3) is 0.208. The summed E-state index contributed by atoms with van der Waals surface area (Å²) in [7, 11) is 0.